The molecule has 0 unspecified atom stereocenters. The van der Waals surface area contributed by atoms with E-state index in [2.05, 4.69) is 25.5 Å². The van der Waals surface area contributed by atoms with Gasteiger partial charge in [-0.3, -0.25) is 20.1 Å². The fourth-order valence-corrected chi connectivity index (χ4v) is 3.08. The SMILES string of the molecule is Cc1ccc(-c2cc(C(=O)Nc3nnc(-c4ccncc4)s3)ccn2)o1. The molecule has 1 N–H and O–H groups in total. The van der Waals surface area contributed by atoms with E-state index >= 15 is 0 Å². The highest BCUT2D eigenvalue weighted by Crippen LogP contribution is 2.26. The lowest BCUT2D eigenvalue weighted by Gasteiger charge is -2.02. The van der Waals surface area contributed by atoms with Crippen molar-refractivity contribution in [3.8, 4) is 22.0 Å². The second-order valence-corrected chi connectivity index (χ2v) is 6.42. The third-order valence-electron chi connectivity index (χ3n) is 3.59. The van der Waals surface area contributed by atoms with Crippen LogP contribution in [0.1, 0.15) is 16.1 Å². The molecule has 0 radical (unpaired) electrons. The molecule has 0 aliphatic heterocycles. The van der Waals surface area contributed by atoms with Crippen LogP contribution in [-0.4, -0.2) is 26.1 Å². The first-order chi connectivity index (χ1) is 12.7. The summed E-state index contributed by atoms with van der Waals surface area (Å²) in [6.07, 6.45) is 4.94. The van der Waals surface area contributed by atoms with Crippen molar-refractivity contribution in [1.82, 2.24) is 20.2 Å². The summed E-state index contributed by atoms with van der Waals surface area (Å²) < 4.78 is 5.56. The number of hydrogen-bond donors (Lipinski definition) is 1. The zero-order valence-electron chi connectivity index (χ0n) is 13.7. The molecule has 0 saturated carbocycles. The molecule has 1 amide bonds. The number of pyridine rings is 2. The topological polar surface area (TPSA) is 93.8 Å². The molecular weight excluding hydrogens is 350 g/mol. The highest BCUT2D eigenvalue weighted by atomic mass is 32.1. The van der Waals surface area contributed by atoms with Gasteiger partial charge in [-0.05, 0) is 43.3 Å². The molecule has 0 bridgehead atoms. The van der Waals surface area contributed by atoms with Crippen LogP contribution in [0.15, 0.2) is 59.4 Å². The maximum Gasteiger partial charge on any atom is 0.257 e. The third kappa shape index (κ3) is 3.35. The minimum atomic E-state index is -0.283. The Morgan fingerprint density at radius 3 is 2.69 bits per heavy atom. The standard InChI is InChI=1S/C18H13N5O2S/c1-11-2-3-15(25-11)14-10-13(6-9-20-14)16(24)21-18-23-22-17(26-18)12-4-7-19-8-5-12/h2-10H,1H3,(H,21,23,24). The summed E-state index contributed by atoms with van der Waals surface area (Å²) in [5.74, 6) is 1.12. The summed E-state index contributed by atoms with van der Waals surface area (Å²) in [6.45, 7) is 1.86. The van der Waals surface area contributed by atoms with Gasteiger partial charge in [-0.1, -0.05) is 11.3 Å². The highest BCUT2D eigenvalue weighted by Gasteiger charge is 2.13. The summed E-state index contributed by atoms with van der Waals surface area (Å²) >= 11 is 1.30. The quantitative estimate of drug-likeness (QED) is 0.592. The summed E-state index contributed by atoms with van der Waals surface area (Å²) in [7, 11) is 0. The smallest absolute Gasteiger partial charge is 0.257 e. The fourth-order valence-electron chi connectivity index (χ4n) is 2.33. The van der Waals surface area contributed by atoms with Crippen LogP contribution in [0.2, 0.25) is 0 Å². The van der Waals surface area contributed by atoms with Crippen LogP contribution in [-0.2, 0) is 0 Å². The van der Waals surface area contributed by atoms with Crippen LogP contribution < -0.4 is 5.32 Å². The number of nitrogens with zero attached hydrogens (tertiary/aromatic N) is 4. The maximum atomic E-state index is 12.5. The van der Waals surface area contributed by atoms with Crippen molar-refractivity contribution in [2.45, 2.75) is 6.92 Å². The minimum Gasteiger partial charge on any atom is -0.460 e. The van der Waals surface area contributed by atoms with Gasteiger partial charge in [0.25, 0.3) is 5.91 Å². The number of aromatic nitrogens is 4. The van der Waals surface area contributed by atoms with E-state index in [1.165, 1.54) is 11.3 Å². The van der Waals surface area contributed by atoms with E-state index in [1.54, 1.807) is 30.7 Å². The summed E-state index contributed by atoms with van der Waals surface area (Å²) in [5.41, 5.74) is 1.96. The Morgan fingerprint density at radius 2 is 1.92 bits per heavy atom. The second-order valence-electron chi connectivity index (χ2n) is 5.44. The number of furan rings is 1. The molecule has 26 heavy (non-hydrogen) atoms. The lowest BCUT2D eigenvalue weighted by Crippen LogP contribution is -2.12. The molecule has 4 rings (SSSR count). The molecule has 8 heteroatoms. The molecule has 4 heterocycles. The van der Waals surface area contributed by atoms with Crippen LogP contribution in [0.4, 0.5) is 5.13 Å². The first-order valence-electron chi connectivity index (χ1n) is 7.77. The van der Waals surface area contributed by atoms with Gasteiger partial charge in [0.15, 0.2) is 5.76 Å². The van der Waals surface area contributed by atoms with Crippen LogP contribution in [0.25, 0.3) is 22.0 Å². The zero-order valence-corrected chi connectivity index (χ0v) is 14.5. The van der Waals surface area contributed by atoms with Crippen molar-refractivity contribution >= 4 is 22.4 Å². The van der Waals surface area contributed by atoms with Gasteiger partial charge in [-0.2, -0.15) is 0 Å². The molecule has 0 atom stereocenters. The van der Waals surface area contributed by atoms with Gasteiger partial charge in [-0.25, -0.2) is 0 Å². The molecule has 4 aromatic heterocycles. The number of rotatable bonds is 4. The van der Waals surface area contributed by atoms with Crippen molar-refractivity contribution in [2.75, 3.05) is 5.32 Å². The van der Waals surface area contributed by atoms with E-state index in [9.17, 15) is 4.79 Å². The van der Waals surface area contributed by atoms with E-state index < -0.39 is 0 Å². The second kappa shape index (κ2) is 6.85. The summed E-state index contributed by atoms with van der Waals surface area (Å²) in [5, 5.41) is 12.0. The van der Waals surface area contributed by atoms with Gasteiger partial charge in [0.2, 0.25) is 5.13 Å². The molecule has 0 spiro atoms. The Balaban J connectivity index is 1.53. The molecule has 0 aliphatic rings. The van der Waals surface area contributed by atoms with E-state index in [4.69, 9.17) is 4.42 Å². The van der Waals surface area contributed by atoms with Gasteiger partial charge in [0.1, 0.15) is 16.5 Å². The number of amides is 1. The largest absolute Gasteiger partial charge is 0.460 e. The lowest BCUT2D eigenvalue weighted by atomic mass is 10.2. The average molecular weight is 363 g/mol. The number of aryl methyl sites for hydroxylation is 1. The van der Waals surface area contributed by atoms with Gasteiger partial charge >= 0.3 is 0 Å². The zero-order chi connectivity index (χ0) is 17.9. The lowest BCUT2D eigenvalue weighted by molar-refractivity contribution is 0.102. The van der Waals surface area contributed by atoms with Gasteiger partial charge in [0, 0.05) is 29.7 Å². The van der Waals surface area contributed by atoms with Crippen LogP contribution in [0, 0.1) is 6.92 Å². The Hall–Kier alpha value is -3.39. The van der Waals surface area contributed by atoms with Gasteiger partial charge in [-0.15, -0.1) is 10.2 Å². The molecule has 4 aromatic rings. The molecule has 7 nitrogen and oxygen atoms in total. The van der Waals surface area contributed by atoms with Crippen molar-refractivity contribution in [3.63, 3.8) is 0 Å². The number of nitrogens with one attached hydrogen (secondary N) is 1. The fraction of sp³-hybridized carbons (Fsp3) is 0.0556. The monoisotopic (exact) mass is 363 g/mol. The minimum absolute atomic E-state index is 0.283. The van der Waals surface area contributed by atoms with Crippen LogP contribution in [0.3, 0.4) is 0 Å². The first kappa shape index (κ1) is 16.1. The highest BCUT2D eigenvalue weighted by molar-refractivity contribution is 7.18. The van der Waals surface area contributed by atoms with Crippen LogP contribution in [0.5, 0.6) is 0 Å². The molecule has 0 fully saturated rings. The van der Waals surface area contributed by atoms with E-state index in [0.29, 0.717) is 27.2 Å². The van der Waals surface area contributed by atoms with Crippen molar-refractivity contribution in [2.24, 2.45) is 0 Å². The third-order valence-corrected chi connectivity index (χ3v) is 4.48. The Labute approximate surface area is 152 Å². The summed E-state index contributed by atoms with van der Waals surface area (Å²) in [6, 6.07) is 10.7. The Bertz CT molecular complexity index is 1060. The maximum absolute atomic E-state index is 12.5. The first-order valence-corrected chi connectivity index (χ1v) is 8.59. The van der Waals surface area contributed by atoms with Crippen molar-refractivity contribution in [1.29, 1.82) is 0 Å². The number of carbonyl (C=O) groups excluding carboxylic acids is 1. The molecule has 0 aromatic carbocycles. The number of anilines is 1. The Kier molecular flexibility index (Phi) is 4.24. The Morgan fingerprint density at radius 1 is 1.08 bits per heavy atom. The molecule has 128 valence electrons. The number of carbonyl (C=O) groups is 1. The predicted molar refractivity (Wildman–Crippen MR) is 97.8 cm³/mol. The van der Waals surface area contributed by atoms with E-state index in [1.807, 2.05) is 31.2 Å². The molecule has 0 aliphatic carbocycles. The molecular formula is C18H13N5O2S. The predicted octanol–water partition coefficient (Wildman–Crippen LogP) is 3.82. The van der Waals surface area contributed by atoms with Gasteiger partial charge < -0.3 is 4.42 Å². The normalized spacial score (nSPS) is 10.7. The van der Waals surface area contributed by atoms with E-state index in [0.717, 1.165) is 11.3 Å². The summed E-state index contributed by atoms with van der Waals surface area (Å²) in [4.78, 5) is 20.7. The van der Waals surface area contributed by atoms with Crippen molar-refractivity contribution in [3.05, 3.63) is 66.3 Å². The van der Waals surface area contributed by atoms with Gasteiger partial charge in [0.05, 0.1) is 0 Å². The molecule has 0 saturated heterocycles. The number of hydrogen-bond acceptors (Lipinski definition) is 7. The van der Waals surface area contributed by atoms with Crippen molar-refractivity contribution < 1.29 is 9.21 Å². The average Bonchev–Trinajstić information content (AvgIpc) is 3.32. The van der Waals surface area contributed by atoms with E-state index in [-0.39, 0.29) is 5.91 Å². The van der Waals surface area contributed by atoms with Crippen LogP contribution >= 0.6 is 11.3 Å².